The van der Waals surface area contributed by atoms with Crippen molar-refractivity contribution in [3.63, 3.8) is 0 Å². The minimum atomic E-state index is -3.92. The molecule has 12 aromatic carbocycles. The predicted octanol–water partition coefficient (Wildman–Crippen LogP) is 23.8. The third-order valence-electron chi connectivity index (χ3n) is 18.7. The van der Waals surface area contributed by atoms with E-state index < -0.39 is 13.3 Å². The van der Waals surface area contributed by atoms with E-state index in [1.165, 1.54) is 61.3 Å². The molecule has 0 saturated carbocycles. The molecule has 9 heteroatoms. The standard InChI is InChI=1S/C88H60GeN4S4/c1-9-25-65(26-10-1)90(66-27-11-2-12-28-66)73-49-41-61(42-50-73)81-57-77-85(94-81)86-78(58-82(95-86)62-43-51-74(52-44-62)91(67-29-13-3-14-30-67)68-31-15-4-16-32-68)89(77)79-59-83(63-45-53-75(54-46-63)92(69-33-17-5-18-34-69)70-35-19-6-20-36-70)96-87(79)88-80(89)60-84(97-88)64-47-55-76(56-48-64)93(71-37-21-7-22-38-71)72-39-23-8-24-40-72/h1-60H. The monoisotopic (exact) mass is 1370 g/mol. The molecule has 1 spiro atoms. The quantitative estimate of drug-likeness (QED) is 0.0894. The zero-order chi connectivity index (χ0) is 64.2. The van der Waals surface area contributed by atoms with Crippen LogP contribution in [0.15, 0.2) is 364 Å². The fourth-order valence-corrected chi connectivity index (χ4v) is 35.6. The Hall–Kier alpha value is -10.8. The van der Waals surface area contributed by atoms with E-state index in [1.54, 1.807) is 17.6 Å². The fraction of sp³-hybridized carbons (Fsp3) is 0. The van der Waals surface area contributed by atoms with Crippen LogP contribution in [0.2, 0.25) is 0 Å². The molecule has 6 heterocycles. The third kappa shape index (κ3) is 10.5. The molecule has 4 nitrogen and oxygen atoms in total. The first kappa shape index (κ1) is 58.7. The molecular weight excluding hydrogens is 1310 g/mol. The van der Waals surface area contributed by atoms with Gasteiger partial charge in [-0.25, -0.2) is 0 Å². The van der Waals surface area contributed by atoms with E-state index in [0.717, 1.165) is 68.2 Å². The summed E-state index contributed by atoms with van der Waals surface area (Å²) < 4.78 is 6.19. The Kier molecular flexibility index (Phi) is 15.2. The number of fused-ring (bicyclic) bond motifs is 10. The molecule has 460 valence electrons. The second-order valence-electron chi connectivity index (χ2n) is 24.4. The molecule has 2 aliphatic rings. The number of hydrogen-bond acceptors (Lipinski definition) is 8. The summed E-state index contributed by atoms with van der Waals surface area (Å²) in [6.07, 6.45) is 0. The summed E-state index contributed by atoms with van der Waals surface area (Å²) in [6, 6.07) is 134. The Morgan fingerprint density at radius 1 is 0.165 bits per heavy atom. The minimum absolute atomic E-state index is 1.12. The van der Waals surface area contributed by atoms with Gasteiger partial charge in [-0.3, -0.25) is 0 Å². The van der Waals surface area contributed by atoms with Crippen LogP contribution >= 0.6 is 45.3 Å². The van der Waals surface area contributed by atoms with Gasteiger partial charge in [0, 0.05) is 0 Å². The number of para-hydroxylation sites is 8. The van der Waals surface area contributed by atoms with Crippen LogP contribution < -0.4 is 37.2 Å². The van der Waals surface area contributed by atoms with Gasteiger partial charge in [-0.05, 0) is 0 Å². The molecule has 0 fully saturated rings. The fourth-order valence-electron chi connectivity index (χ4n) is 14.3. The van der Waals surface area contributed by atoms with Crippen molar-refractivity contribution >= 4 is 144 Å². The van der Waals surface area contributed by atoms with Crippen LogP contribution in [-0.4, -0.2) is 13.3 Å². The molecule has 97 heavy (non-hydrogen) atoms. The van der Waals surface area contributed by atoms with E-state index in [4.69, 9.17) is 0 Å². The molecule has 0 saturated heterocycles. The molecule has 16 aromatic rings. The second kappa shape index (κ2) is 25.1. The number of thiophene rings is 4. The van der Waals surface area contributed by atoms with Crippen molar-refractivity contribution in [3.8, 4) is 61.3 Å². The van der Waals surface area contributed by atoms with Crippen LogP contribution in [0.25, 0.3) is 61.3 Å². The summed E-state index contributed by atoms with van der Waals surface area (Å²) in [5.74, 6) is 0. The van der Waals surface area contributed by atoms with E-state index >= 15 is 0 Å². The molecule has 0 aliphatic carbocycles. The Morgan fingerprint density at radius 2 is 0.309 bits per heavy atom. The van der Waals surface area contributed by atoms with Crippen LogP contribution in [0.4, 0.5) is 68.2 Å². The number of nitrogens with zero attached hydrogens (tertiary/aromatic N) is 4. The topological polar surface area (TPSA) is 13.0 Å². The second-order valence-corrected chi connectivity index (χ2v) is 36.3. The SMILES string of the molecule is c1ccc(N(c2ccccc2)c2ccc(-c3c[c]4c(s3)-c3sc(-c5ccc(N(c6ccccc6)c6ccccc6)cc5)c[c]3[Ge]43[c]4cc(-c5ccc(N(c6ccccc6)c6ccccc6)cc5)sc4-c4sc(-c5ccc(N(c6ccccc6)c6ccccc6)cc5)c[c]43)cc2)cc1. The van der Waals surface area contributed by atoms with Gasteiger partial charge in [0.05, 0.1) is 0 Å². The van der Waals surface area contributed by atoms with Gasteiger partial charge in [0.1, 0.15) is 0 Å². The molecular formula is C88H60GeN4S4. The van der Waals surface area contributed by atoms with Crippen LogP contribution in [0, 0.1) is 0 Å². The molecule has 0 radical (unpaired) electrons. The van der Waals surface area contributed by atoms with Crippen molar-refractivity contribution < 1.29 is 0 Å². The Labute approximate surface area is 584 Å². The molecule has 18 rings (SSSR count). The van der Waals surface area contributed by atoms with Crippen LogP contribution in [-0.2, 0) is 0 Å². The first-order chi connectivity index (χ1) is 48.1. The first-order valence-electron chi connectivity index (χ1n) is 32.7. The molecule has 0 amide bonds. The average Bonchev–Trinajstić information content (AvgIpc) is 1.49. The Morgan fingerprint density at radius 3 is 0.464 bits per heavy atom. The van der Waals surface area contributed by atoms with Gasteiger partial charge < -0.3 is 0 Å². The van der Waals surface area contributed by atoms with E-state index in [0.29, 0.717) is 0 Å². The van der Waals surface area contributed by atoms with Crippen molar-refractivity contribution in [3.05, 3.63) is 364 Å². The third-order valence-corrected chi connectivity index (χ3v) is 35.4. The van der Waals surface area contributed by atoms with Crippen molar-refractivity contribution in [2.24, 2.45) is 0 Å². The van der Waals surface area contributed by atoms with E-state index in [2.05, 4.69) is 384 Å². The number of benzene rings is 12. The van der Waals surface area contributed by atoms with Crippen LogP contribution in [0.5, 0.6) is 0 Å². The van der Waals surface area contributed by atoms with E-state index in [1.807, 2.05) is 45.3 Å². The summed E-state index contributed by atoms with van der Waals surface area (Å²) in [7, 11) is 0. The number of anilines is 12. The molecule has 0 unspecified atom stereocenters. The maximum atomic E-state index is 2.64. The molecule has 0 bridgehead atoms. The summed E-state index contributed by atoms with van der Waals surface area (Å²) in [5, 5.41) is 0. The summed E-state index contributed by atoms with van der Waals surface area (Å²) in [5.41, 5.74) is 18.4. The van der Waals surface area contributed by atoms with E-state index in [9.17, 15) is 0 Å². The summed E-state index contributed by atoms with van der Waals surface area (Å²) >= 11 is 4.03. The number of rotatable bonds is 16. The van der Waals surface area contributed by atoms with E-state index in [-0.39, 0.29) is 0 Å². The van der Waals surface area contributed by atoms with Crippen molar-refractivity contribution in [1.82, 2.24) is 0 Å². The predicted molar refractivity (Wildman–Crippen MR) is 420 cm³/mol. The van der Waals surface area contributed by atoms with Crippen molar-refractivity contribution in [2.75, 3.05) is 19.6 Å². The normalized spacial score (nSPS) is 12.2. The van der Waals surface area contributed by atoms with Gasteiger partial charge in [-0.2, -0.15) is 0 Å². The van der Waals surface area contributed by atoms with Gasteiger partial charge in [-0.1, -0.05) is 0 Å². The molecule has 2 aliphatic heterocycles. The first-order valence-corrected chi connectivity index (χ1v) is 40.2. The van der Waals surface area contributed by atoms with Crippen LogP contribution in [0.1, 0.15) is 0 Å². The van der Waals surface area contributed by atoms with Crippen LogP contribution in [0.3, 0.4) is 0 Å². The zero-order valence-corrected chi connectivity index (χ0v) is 57.9. The average molecular weight is 1370 g/mol. The molecule has 0 N–H and O–H groups in total. The maximum absolute atomic E-state index is 3.92. The Bertz CT molecular complexity index is 4570. The molecule has 4 aromatic heterocycles. The number of hydrogen-bond donors (Lipinski definition) is 0. The summed E-state index contributed by atoms with van der Waals surface area (Å²) in [4.78, 5) is 20.3. The summed E-state index contributed by atoms with van der Waals surface area (Å²) in [6.45, 7) is 0. The van der Waals surface area contributed by atoms with Gasteiger partial charge in [0.25, 0.3) is 0 Å². The van der Waals surface area contributed by atoms with Gasteiger partial charge in [0.2, 0.25) is 0 Å². The van der Waals surface area contributed by atoms with Crippen molar-refractivity contribution in [2.45, 2.75) is 0 Å². The van der Waals surface area contributed by atoms with Gasteiger partial charge in [-0.15, -0.1) is 0 Å². The molecule has 0 atom stereocenters. The van der Waals surface area contributed by atoms with Crippen molar-refractivity contribution in [1.29, 1.82) is 0 Å². The Balaban J connectivity index is 0.806. The van der Waals surface area contributed by atoms with Gasteiger partial charge in [0.15, 0.2) is 0 Å². The zero-order valence-electron chi connectivity index (χ0n) is 52.6. The van der Waals surface area contributed by atoms with Gasteiger partial charge >= 0.3 is 589 Å².